The Kier molecular flexibility index (Phi) is 4.27. The molecular weight excluding hydrogens is 291 g/mol. The Morgan fingerprint density at radius 2 is 1.53 bits per heavy atom. The summed E-state index contributed by atoms with van der Waals surface area (Å²) < 4.78 is 26.1. The molecule has 100 valence electrons. The first kappa shape index (κ1) is 14.1. The smallest absolute Gasteiger partial charge is 0.160 e. The third-order valence-electron chi connectivity index (χ3n) is 2.74. The van der Waals surface area contributed by atoms with E-state index in [1.807, 2.05) is 6.92 Å². The molecule has 0 saturated heterocycles. The van der Waals surface area contributed by atoms with E-state index in [0.29, 0.717) is 5.69 Å². The fraction of sp³-hybridized carbons (Fsp3) is 0.143. The van der Waals surface area contributed by atoms with Crippen LogP contribution in [0.1, 0.15) is 18.5 Å². The normalized spacial score (nSPS) is 12.3. The zero-order valence-corrected chi connectivity index (χ0v) is 11.6. The highest BCUT2D eigenvalue weighted by atomic mass is 35.5. The Morgan fingerprint density at radius 3 is 2.05 bits per heavy atom. The van der Waals surface area contributed by atoms with E-state index in [-0.39, 0.29) is 21.9 Å². The van der Waals surface area contributed by atoms with Gasteiger partial charge in [0, 0.05) is 11.7 Å². The van der Waals surface area contributed by atoms with Gasteiger partial charge in [-0.25, -0.2) is 8.78 Å². The van der Waals surface area contributed by atoms with E-state index >= 15 is 0 Å². The van der Waals surface area contributed by atoms with Crippen LogP contribution in [0.25, 0.3) is 0 Å². The summed E-state index contributed by atoms with van der Waals surface area (Å²) in [7, 11) is 0. The van der Waals surface area contributed by atoms with Crippen molar-refractivity contribution in [3.63, 3.8) is 0 Å². The van der Waals surface area contributed by atoms with Gasteiger partial charge in [-0.2, -0.15) is 0 Å². The fourth-order valence-electron chi connectivity index (χ4n) is 1.72. The SMILES string of the molecule is CC(Nc1cc(Cl)c(F)c(Cl)c1)c1ccc(F)cc1. The summed E-state index contributed by atoms with van der Waals surface area (Å²) in [5, 5.41) is 3.05. The molecule has 5 heteroatoms. The van der Waals surface area contributed by atoms with Crippen molar-refractivity contribution in [3.8, 4) is 0 Å². The summed E-state index contributed by atoms with van der Waals surface area (Å²) in [5.74, 6) is -0.924. The first-order valence-electron chi connectivity index (χ1n) is 5.64. The molecular formula is C14H11Cl2F2N. The van der Waals surface area contributed by atoms with Gasteiger partial charge in [0.2, 0.25) is 0 Å². The minimum absolute atomic E-state index is 0.0405. The minimum atomic E-state index is -0.636. The third-order valence-corrected chi connectivity index (χ3v) is 3.29. The topological polar surface area (TPSA) is 12.0 Å². The molecule has 0 saturated carbocycles. The lowest BCUT2D eigenvalue weighted by Crippen LogP contribution is -2.06. The summed E-state index contributed by atoms with van der Waals surface area (Å²) >= 11 is 11.4. The molecule has 1 N–H and O–H groups in total. The van der Waals surface area contributed by atoms with Crippen molar-refractivity contribution in [1.29, 1.82) is 0 Å². The lowest BCUT2D eigenvalue weighted by molar-refractivity contribution is 0.626. The molecule has 0 aliphatic heterocycles. The Balaban J connectivity index is 2.19. The highest BCUT2D eigenvalue weighted by Gasteiger charge is 2.10. The van der Waals surface area contributed by atoms with Crippen molar-refractivity contribution in [2.45, 2.75) is 13.0 Å². The molecule has 0 amide bonds. The number of nitrogens with one attached hydrogen (secondary N) is 1. The van der Waals surface area contributed by atoms with E-state index in [9.17, 15) is 8.78 Å². The summed E-state index contributed by atoms with van der Waals surface area (Å²) in [5.41, 5.74) is 1.51. The number of benzene rings is 2. The molecule has 19 heavy (non-hydrogen) atoms. The average Bonchev–Trinajstić information content (AvgIpc) is 2.36. The lowest BCUT2D eigenvalue weighted by atomic mass is 10.1. The molecule has 0 aliphatic rings. The van der Waals surface area contributed by atoms with Crippen molar-refractivity contribution in [2.75, 3.05) is 5.32 Å². The van der Waals surface area contributed by atoms with Gasteiger partial charge < -0.3 is 5.32 Å². The number of hydrogen-bond donors (Lipinski definition) is 1. The van der Waals surface area contributed by atoms with Gasteiger partial charge in [-0.15, -0.1) is 0 Å². The molecule has 0 fully saturated rings. The van der Waals surface area contributed by atoms with Gasteiger partial charge >= 0.3 is 0 Å². The van der Waals surface area contributed by atoms with Crippen LogP contribution < -0.4 is 5.32 Å². The van der Waals surface area contributed by atoms with E-state index in [4.69, 9.17) is 23.2 Å². The maximum atomic E-state index is 13.3. The van der Waals surface area contributed by atoms with Crippen LogP contribution in [0.5, 0.6) is 0 Å². The molecule has 2 aromatic carbocycles. The standard InChI is InChI=1S/C14H11Cl2F2N/c1-8(9-2-4-10(17)5-3-9)19-11-6-12(15)14(18)13(16)7-11/h2-8,19H,1H3. The Hall–Kier alpha value is -1.32. The Labute approximate surface area is 120 Å². The molecule has 2 aromatic rings. The van der Waals surface area contributed by atoms with Gasteiger partial charge in [0.1, 0.15) is 5.82 Å². The van der Waals surface area contributed by atoms with Crippen molar-refractivity contribution in [3.05, 3.63) is 63.6 Å². The molecule has 1 nitrogen and oxygen atoms in total. The second kappa shape index (κ2) is 5.76. The minimum Gasteiger partial charge on any atom is -0.378 e. The van der Waals surface area contributed by atoms with Crippen LogP contribution in [0.15, 0.2) is 36.4 Å². The molecule has 1 unspecified atom stereocenters. The van der Waals surface area contributed by atoms with Gasteiger partial charge in [0.05, 0.1) is 10.0 Å². The van der Waals surface area contributed by atoms with E-state index < -0.39 is 5.82 Å². The number of hydrogen-bond acceptors (Lipinski definition) is 1. The van der Waals surface area contributed by atoms with Crippen LogP contribution in [0, 0.1) is 11.6 Å². The van der Waals surface area contributed by atoms with Gasteiger partial charge in [-0.1, -0.05) is 35.3 Å². The van der Waals surface area contributed by atoms with E-state index in [2.05, 4.69) is 5.32 Å². The molecule has 2 rings (SSSR count). The summed E-state index contributed by atoms with van der Waals surface area (Å²) in [6.45, 7) is 1.90. The first-order chi connectivity index (χ1) is 8.97. The summed E-state index contributed by atoms with van der Waals surface area (Å²) in [6.07, 6.45) is 0. The summed E-state index contributed by atoms with van der Waals surface area (Å²) in [6, 6.07) is 8.97. The maximum absolute atomic E-state index is 13.3. The van der Waals surface area contributed by atoms with E-state index in [1.54, 1.807) is 12.1 Å². The Morgan fingerprint density at radius 1 is 1.00 bits per heavy atom. The van der Waals surface area contributed by atoms with Gasteiger partial charge in [-0.05, 0) is 36.8 Å². The van der Waals surface area contributed by atoms with Crippen molar-refractivity contribution in [2.24, 2.45) is 0 Å². The fourth-order valence-corrected chi connectivity index (χ4v) is 2.21. The van der Waals surface area contributed by atoms with Crippen LogP contribution >= 0.6 is 23.2 Å². The van der Waals surface area contributed by atoms with Gasteiger partial charge in [0.15, 0.2) is 5.82 Å². The highest BCUT2D eigenvalue weighted by Crippen LogP contribution is 2.29. The predicted molar refractivity (Wildman–Crippen MR) is 74.9 cm³/mol. The van der Waals surface area contributed by atoms with Crippen LogP contribution in [-0.2, 0) is 0 Å². The van der Waals surface area contributed by atoms with Crippen molar-refractivity contribution >= 4 is 28.9 Å². The zero-order valence-electron chi connectivity index (χ0n) is 10.1. The van der Waals surface area contributed by atoms with E-state index in [0.717, 1.165) is 5.56 Å². The van der Waals surface area contributed by atoms with Crippen LogP contribution in [-0.4, -0.2) is 0 Å². The van der Waals surface area contributed by atoms with E-state index in [1.165, 1.54) is 24.3 Å². The number of rotatable bonds is 3. The first-order valence-corrected chi connectivity index (χ1v) is 6.39. The maximum Gasteiger partial charge on any atom is 0.160 e. The van der Waals surface area contributed by atoms with Crippen LogP contribution in [0.4, 0.5) is 14.5 Å². The number of anilines is 1. The second-order valence-electron chi connectivity index (χ2n) is 4.17. The predicted octanol–water partition coefficient (Wildman–Crippen LogP) is 5.44. The Bertz CT molecular complexity index is 561. The number of halogens is 4. The van der Waals surface area contributed by atoms with Crippen molar-refractivity contribution < 1.29 is 8.78 Å². The van der Waals surface area contributed by atoms with Crippen molar-refractivity contribution in [1.82, 2.24) is 0 Å². The van der Waals surface area contributed by atoms with Gasteiger partial charge in [-0.3, -0.25) is 0 Å². The highest BCUT2D eigenvalue weighted by molar-refractivity contribution is 6.35. The quantitative estimate of drug-likeness (QED) is 0.744. The molecule has 0 aliphatic carbocycles. The summed E-state index contributed by atoms with van der Waals surface area (Å²) in [4.78, 5) is 0. The molecule has 0 heterocycles. The van der Waals surface area contributed by atoms with Gasteiger partial charge in [0.25, 0.3) is 0 Å². The molecule has 0 spiro atoms. The lowest BCUT2D eigenvalue weighted by Gasteiger charge is -2.16. The monoisotopic (exact) mass is 301 g/mol. The molecule has 0 radical (unpaired) electrons. The molecule has 1 atom stereocenters. The molecule has 0 aromatic heterocycles. The third kappa shape index (κ3) is 3.37. The van der Waals surface area contributed by atoms with Crippen LogP contribution in [0.2, 0.25) is 10.0 Å². The average molecular weight is 302 g/mol. The molecule has 0 bridgehead atoms. The zero-order chi connectivity index (χ0) is 14.0. The largest absolute Gasteiger partial charge is 0.378 e. The van der Waals surface area contributed by atoms with Crippen LogP contribution in [0.3, 0.4) is 0 Å². The second-order valence-corrected chi connectivity index (χ2v) is 4.99.